The first-order valence-electron chi connectivity index (χ1n) is 4.82. The predicted molar refractivity (Wildman–Crippen MR) is 58.1 cm³/mol. The Morgan fingerprint density at radius 2 is 2.07 bits per heavy atom. The van der Waals surface area contributed by atoms with Crippen molar-refractivity contribution >= 4 is 11.3 Å². The molecule has 1 N–H and O–H groups in total. The van der Waals surface area contributed by atoms with E-state index in [4.69, 9.17) is 4.74 Å². The maximum Gasteiger partial charge on any atom is 0.277 e. The van der Waals surface area contributed by atoms with E-state index in [9.17, 15) is 5.11 Å². The monoisotopic (exact) mass is 215 g/mol. The van der Waals surface area contributed by atoms with Gasteiger partial charge in [-0.15, -0.1) is 0 Å². The summed E-state index contributed by atoms with van der Waals surface area (Å²) < 4.78 is 5.57. The number of nitrogens with zero attached hydrogens (tertiary/aromatic N) is 1. The van der Waals surface area contributed by atoms with Crippen molar-refractivity contribution < 1.29 is 9.84 Å². The fourth-order valence-corrected chi connectivity index (χ4v) is 2.05. The molecule has 80 valence electrons. The highest BCUT2D eigenvalue weighted by molar-refractivity contribution is 7.15. The highest BCUT2D eigenvalue weighted by Crippen LogP contribution is 2.31. The summed E-state index contributed by atoms with van der Waals surface area (Å²) in [5, 5.41) is 10.1. The fraction of sp³-hybridized carbons (Fsp3) is 0.700. The number of hydrogen-bond donors (Lipinski definition) is 1. The van der Waals surface area contributed by atoms with E-state index in [1.807, 2.05) is 6.92 Å². The molecule has 4 heteroatoms. The molecule has 0 radical (unpaired) electrons. The molecule has 0 saturated carbocycles. The van der Waals surface area contributed by atoms with Crippen molar-refractivity contribution in [2.75, 3.05) is 0 Å². The summed E-state index contributed by atoms with van der Waals surface area (Å²) in [4.78, 5) is 4.10. The van der Waals surface area contributed by atoms with E-state index in [2.05, 4.69) is 18.8 Å². The van der Waals surface area contributed by atoms with Crippen LogP contribution in [0.15, 0.2) is 0 Å². The zero-order chi connectivity index (χ0) is 10.7. The number of aromatic hydroxyl groups is 1. The summed E-state index contributed by atoms with van der Waals surface area (Å²) in [6, 6.07) is 0. The van der Waals surface area contributed by atoms with E-state index in [0.717, 1.165) is 6.42 Å². The van der Waals surface area contributed by atoms with Gasteiger partial charge in [0.15, 0.2) is 5.06 Å². The molecule has 0 amide bonds. The van der Waals surface area contributed by atoms with Gasteiger partial charge >= 0.3 is 0 Å². The molecule has 1 heterocycles. The average Bonchev–Trinajstić information content (AvgIpc) is 2.28. The quantitative estimate of drug-likeness (QED) is 0.839. The van der Waals surface area contributed by atoms with Gasteiger partial charge in [-0.2, -0.15) is 0 Å². The van der Waals surface area contributed by atoms with Crippen LogP contribution >= 0.6 is 11.3 Å². The molecule has 0 fully saturated rings. The Morgan fingerprint density at radius 1 is 1.43 bits per heavy atom. The largest absolute Gasteiger partial charge is 0.498 e. The van der Waals surface area contributed by atoms with Crippen molar-refractivity contribution in [1.29, 1.82) is 0 Å². The maximum atomic E-state index is 9.31. The summed E-state index contributed by atoms with van der Waals surface area (Å²) in [6.45, 7) is 8.11. The summed E-state index contributed by atoms with van der Waals surface area (Å²) in [6.07, 6.45) is 1.15. The number of rotatable bonds is 4. The van der Waals surface area contributed by atoms with Gasteiger partial charge in [0.1, 0.15) is 0 Å². The minimum atomic E-state index is 0.153. The third-order valence-electron chi connectivity index (χ3n) is 1.86. The van der Waals surface area contributed by atoms with E-state index >= 15 is 0 Å². The maximum absolute atomic E-state index is 9.31. The molecule has 1 rings (SSSR count). The molecule has 0 saturated heterocycles. The molecule has 14 heavy (non-hydrogen) atoms. The molecule has 0 aliphatic carbocycles. The lowest BCUT2D eigenvalue weighted by molar-refractivity contribution is 0.192. The Hall–Kier alpha value is -0.770. The van der Waals surface area contributed by atoms with E-state index in [0.29, 0.717) is 16.8 Å². The van der Waals surface area contributed by atoms with E-state index < -0.39 is 0 Å². The zero-order valence-electron chi connectivity index (χ0n) is 9.07. The first-order chi connectivity index (χ1) is 6.49. The third kappa shape index (κ3) is 3.18. The topological polar surface area (TPSA) is 42.4 Å². The van der Waals surface area contributed by atoms with Gasteiger partial charge < -0.3 is 9.84 Å². The van der Waals surface area contributed by atoms with Gasteiger partial charge in [0.05, 0.1) is 11.8 Å². The van der Waals surface area contributed by atoms with Crippen LogP contribution < -0.4 is 4.74 Å². The highest BCUT2D eigenvalue weighted by Gasteiger charge is 2.11. The van der Waals surface area contributed by atoms with Gasteiger partial charge in [-0.3, -0.25) is 0 Å². The van der Waals surface area contributed by atoms with Gasteiger partial charge in [-0.25, -0.2) is 4.98 Å². The van der Waals surface area contributed by atoms with Gasteiger partial charge in [0, 0.05) is 0 Å². The lowest BCUT2D eigenvalue weighted by atomic mass is 10.1. The molecule has 0 spiro atoms. The Bertz CT molecular complexity index is 277. The Balaban J connectivity index is 2.51. The minimum absolute atomic E-state index is 0.153. The van der Waals surface area contributed by atoms with Crippen molar-refractivity contribution in [2.24, 2.45) is 5.92 Å². The minimum Gasteiger partial charge on any atom is -0.498 e. The van der Waals surface area contributed by atoms with Gasteiger partial charge in [0.2, 0.25) is 0 Å². The van der Waals surface area contributed by atoms with E-state index in [1.54, 1.807) is 6.92 Å². The van der Waals surface area contributed by atoms with Crippen molar-refractivity contribution in [2.45, 2.75) is 40.2 Å². The number of aromatic nitrogens is 1. The van der Waals surface area contributed by atoms with E-state index in [1.165, 1.54) is 11.3 Å². The number of ether oxygens (including phenoxy) is 1. The van der Waals surface area contributed by atoms with E-state index in [-0.39, 0.29) is 11.2 Å². The standard InChI is InChI=1S/C10H17NO2S/c1-6(2)5-7(3)13-10-11-8(4)9(12)14-10/h6-7,12H,5H2,1-4H3. The second-order valence-corrected chi connectivity index (χ2v) is 4.87. The zero-order valence-corrected chi connectivity index (χ0v) is 9.89. The van der Waals surface area contributed by atoms with Crippen LogP contribution in [0.25, 0.3) is 0 Å². The Kier molecular flexibility index (Phi) is 3.75. The first kappa shape index (κ1) is 11.3. The smallest absolute Gasteiger partial charge is 0.277 e. The number of hydrogen-bond acceptors (Lipinski definition) is 4. The molecule has 1 aromatic rings. The molecular formula is C10H17NO2S. The molecule has 0 aliphatic heterocycles. The van der Waals surface area contributed by atoms with Gasteiger partial charge in [-0.05, 0) is 37.5 Å². The van der Waals surface area contributed by atoms with Gasteiger partial charge in [-0.1, -0.05) is 13.8 Å². The summed E-state index contributed by atoms with van der Waals surface area (Å²) in [7, 11) is 0. The SMILES string of the molecule is Cc1nc(OC(C)CC(C)C)sc1O. The molecular weight excluding hydrogens is 198 g/mol. The lowest BCUT2D eigenvalue weighted by Crippen LogP contribution is -2.14. The molecule has 3 nitrogen and oxygen atoms in total. The third-order valence-corrected chi connectivity index (χ3v) is 2.71. The van der Waals surface area contributed by atoms with Crippen LogP contribution in [-0.4, -0.2) is 16.2 Å². The summed E-state index contributed by atoms with van der Waals surface area (Å²) >= 11 is 1.19. The van der Waals surface area contributed by atoms with Crippen LogP contribution in [0.4, 0.5) is 0 Å². The van der Waals surface area contributed by atoms with Crippen LogP contribution in [0.1, 0.15) is 32.9 Å². The number of aryl methyl sites for hydroxylation is 1. The van der Waals surface area contributed by atoms with Crippen LogP contribution in [0, 0.1) is 12.8 Å². The molecule has 1 unspecified atom stereocenters. The van der Waals surface area contributed by atoms with Crippen molar-refractivity contribution in [3.8, 4) is 10.3 Å². The lowest BCUT2D eigenvalue weighted by Gasteiger charge is -2.13. The second kappa shape index (κ2) is 4.64. The fourth-order valence-electron chi connectivity index (χ4n) is 1.30. The molecule has 0 aliphatic rings. The predicted octanol–water partition coefficient (Wildman–Crippen LogP) is 2.97. The average molecular weight is 215 g/mol. The highest BCUT2D eigenvalue weighted by atomic mass is 32.1. The summed E-state index contributed by atoms with van der Waals surface area (Å²) in [5.74, 6) is 0.611. The van der Waals surface area contributed by atoms with Gasteiger partial charge in [0.25, 0.3) is 5.19 Å². The second-order valence-electron chi connectivity index (χ2n) is 3.93. The van der Waals surface area contributed by atoms with Crippen LogP contribution in [0.5, 0.6) is 10.3 Å². The molecule has 1 atom stereocenters. The van der Waals surface area contributed by atoms with Crippen molar-refractivity contribution in [3.05, 3.63) is 5.69 Å². The number of thiazole rings is 1. The first-order valence-corrected chi connectivity index (χ1v) is 5.63. The molecule has 1 aromatic heterocycles. The summed E-state index contributed by atoms with van der Waals surface area (Å²) in [5.41, 5.74) is 0.641. The molecule has 0 bridgehead atoms. The van der Waals surface area contributed by atoms with Crippen molar-refractivity contribution in [3.63, 3.8) is 0 Å². The van der Waals surface area contributed by atoms with Crippen LogP contribution in [-0.2, 0) is 0 Å². The molecule has 0 aromatic carbocycles. The van der Waals surface area contributed by atoms with Crippen molar-refractivity contribution in [1.82, 2.24) is 4.98 Å². The van der Waals surface area contributed by atoms with Crippen LogP contribution in [0.2, 0.25) is 0 Å². The Labute approximate surface area is 88.8 Å². The normalized spacial score (nSPS) is 13.2. The Morgan fingerprint density at radius 3 is 2.50 bits per heavy atom. The van der Waals surface area contributed by atoms with Crippen LogP contribution in [0.3, 0.4) is 0 Å².